The molecule has 0 aliphatic heterocycles. The zero-order valence-electron chi connectivity index (χ0n) is 6.56. The highest BCUT2D eigenvalue weighted by atomic mass is 32.1. The lowest BCUT2D eigenvalue weighted by Gasteiger charge is -2.27. The maximum atomic E-state index is 12.1. The molecule has 0 aromatic carbocycles. The summed E-state index contributed by atoms with van der Waals surface area (Å²) in [5.41, 5.74) is 0. The SMILES string of the molecule is F[B-](F)(F)C(c1cccs1)C(F)(F)F. The molecule has 0 aliphatic rings. The minimum atomic E-state index is -5.94. The van der Waals surface area contributed by atoms with E-state index in [0.717, 1.165) is 6.07 Å². The number of rotatable bonds is 2. The first-order valence-corrected chi connectivity index (χ1v) is 4.41. The second-order valence-electron chi connectivity index (χ2n) is 2.66. The van der Waals surface area contributed by atoms with Crippen molar-refractivity contribution in [3.8, 4) is 0 Å². The van der Waals surface area contributed by atoms with Crippen LogP contribution in [0.2, 0.25) is 0 Å². The van der Waals surface area contributed by atoms with Gasteiger partial charge in [-0.05, 0) is 10.3 Å². The molecule has 0 radical (unpaired) electrons. The number of hydrogen-bond acceptors (Lipinski definition) is 1. The van der Waals surface area contributed by atoms with Crippen molar-refractivity contribution >= 4 is 18.3 Å². The van der Waals surface area contributed by atoms with E-state index in [9.17, 15) is 26.1 Å². The summed E-state index contributed by atoms with van der Waals surface area (Å²) in [6, 6.07) is 2.01. The normalized spacial score (nSPS) is 15.6. The fourth-order valence-corrected chi connectivity index (χ4v) is 1.94. The van der Waals surface area contributed by atoms with Crippen LogP contribution in [0.5, 0.6) is 0 Å². The molecule has 14 heavy (non-hydrogen) atoms. The molecule has 8 heteroatoms. The van der Waals surface area contributed by atoms with Gasteiger partial charge in [-0.15, -0.1) is 0 Å². The van der Waals surface area contributed by atoms with Crippen molar-refractivity contribution in [1.82, 2.24) is 0 Å². The molecular formula is C6H4BF6S-. The fraction of sp³-hybridized carbons (Fsp3) is 0.333. The average Bonchev–Trinajstić information content (AvgIpc) is 2.31. The highest BCUT2D eigenvalue weighted by Gasteiger charge is 2.53. The van der Waals surface area contributed by atoms with Gasteiger partial charge < -0.3 is 12.9 Å². The number of hydrogen-bond donors (Lipinski definition) is 0. The van der Waals surface area contributed by atoms with Gasteiger partial charge in [-0.3, -0.25) is 0 Å². The van der Waals surface area contributed by atoms with E-state index >= 15 is 0 Å². The molecule has 0 saturated heterocycles. The van der Waals surface area contributed by atoms with Gasteiger partial charge in [-0.25, -0.2) is 0 Å². The third kappa shape index (κ3) is 2.43. The van der Waals surface area contributed by atoms with Gasteiger partial charge >= 0.3 is 13.2 Å². The molecule has 0 saturated carbocycles. The second kappa shape index (κ2) is 3.49. The van der Waals surface area contributed by atoms with Gasteiger partial charge in [0.1, 0.15) is 0 Å². The standard InChI is InChI=1S/C6H4BF6S/c8-6(9,10)5(7(11,12)13)4-2-1-3-14-4/h1-3,5H/q-1. The van der Waals surface area contributed by atoms with Crippen LogP contribution in [0.15, 0.2) is 17.5 Å². The first kappa shape index (κ1) is 11.4. The highest BCUT2D eigenvalue weighted by Crippen LogP contribution is 2.44. The Bertz CT molecular complexity index is 272. The first-order valence-electron chi connectivity index (χ1n) is 3.53. The van der Waals surface area contributed by atoms with E-state index in [1.807, 2.05) is 0 Å². The molecule has 0 nitrogen and oxygen atoms in total. The van der Waals surface area contributed by atoms with Gasteiger partial charge in [-0.1, -0.05) is 12.1 Å². The minimum Gasteiger partial charge on any atom is -0.448 e. The third-order valence-corrected chi connectivity index (χ3v) is 2.54. The van der Waals surface area contributed by atoms with Crippen molar-refractivity contribution in [3.05, 3.63) is 22.4 Å². The molecule has 1 aromatic heterocycles. The van der Waals surface area contributed by atoms with E-state index in [2.05, 4.69) is 0 Å². The van der Waals surface area contributed by atoms with Crippen molar-refractivity contribution in [2.75, 3.05) is 0 Å². The zero-order valence-corrected chi connectivity index (χ0v) is 7.38. The molecule has 0 N–H and O–H groups in total. The predicted octanol–water partition coefficient (Wildman–Crippen LogP) is 3.78. The van der Waals surface area contributed by atoms with E-state index in [-0.39, 0.29) is 0 Å². The summed E-state index contributed by atoms with van der Waals surface area (Å²) >= 11 is 0.460. The molecule has 0 amide bonds. The molecule has 1 unspecified atom stereocenters. The lowest BCUT2D eigenvalue weighted by molar-refractivity contribution is -0.138. The topological polar surface area (TPSA) is 0 Å². The minimum absolute atomic E-state index is 0.460. The van der Waals surface area contributed by atoms with Crippen LogP contribution in [0.25, 0.3) is 0 Å². The Balaban J connectivity index is 3.08. The summed E-state index contributed by atoms with van der Waals surface area (Å²) in [5.74, 6) is -3.30. The second-order valence-corrected chi connectivity index (χ2v) is 3.64. The van der Waals surface area contributed by atoms with Crippen LogP contribution < -0.4 is 0 Å². The van der Waals surface area contributed by atoms with Crippen LogP contribution in [0.1, 0.15) is 10.7 Å². The van der Waals surface area contributed by atoms with E-state index in [0.29, 0.717) is 11.3 Å². The van der Waals surface area contributed by atoms with Crippen molar-refractivity contribution < 1.29 is 26.1 Å². The molecule has 1 atom stereocenters. The molecular weight excluding hydrogens is 229 g/mol. The van der Waals surface area contributed by atoms with E-state index in [1.165, 1.54) is 11.4 Å². The summed E-state index contributed by atoms with van der Waals surface area (Å²) in [4.78, 5) is -0.704. The average molecular weight is 233 g/mol. The molecule has 80 valence electrons. The Morgan fingerprint density at radius 1 is 1.21 bits per heavy atom. The monoisotopic (exact) mass is 233 g/mol. The van der Waals surface area contributed by atoms with Gasteiger partial charge in [0.05, 0.1) is 5.82 Å². The first-order chi connectivity index (χ1) is 6.23. The molecule has 1 heterocycles. The van der Waals surface area contributed by atoms with Crippen LogP contribution in [-0.4, -0.2) is 13.2 Å². The highest BCUT2D eigenvalue weighted by molar-refractivity contribution is 7.10. The zero-order chi connectivity index (χ0) is 11.0. The number of thiophene rings is 1. The number of alkyl halides is 3. The van der Waals surface area contributed by atoms with Crippen LogP contribution >= 0.6 is 11.3 Å². The Morgan fingerprint density at radius 3 is 2.07 bits per heavy atom. The van der Waals surface area contributed by atoms with Crippen molar-refractivity contribution in [2.24, 2.45) is 0 Å². The Kier molecular flexibility index (Phi) is 2.84. The Labute approximate surface area is 79.6 Å². The molecule has 1 rings (SSSR count). The summed E-state index contributed by atoms with van der Waals surface area (Å²) in [5, 5.41) is 1.19. The molecule has 0 bridgehead atoms. The Morgan fingerprint density at radius 2 is 1.79 bits per heavy atom. The van der Waals surface area contributed by atoms with Crippen molar-refractivity contribution in [3.63, 3.8) is 0 Å². The van der Waals surface area contributed by atoms with Gasteiger partial charge in [-0.2, -0.15) is 24.5 Å². The molecule has 0 fully saturated rings. The van der Waals surface area contributed by atoms with Crippen LogP contribution in [0.3, 0.4) is 0 Å². The lowest BCUT2D eigenvalue weighted by atomic mass is 9.71. The van der Waals surface area contributed by atoms with Gasteiger partial charge in [0.15, 0.2) is 0 Å². The molecule has 0 aliphatic carbocycles. The van der Waals surface area contributed by atoms with E-state index in [1.54, 1.807) is 0 Å². The summed E-state index contributed by atoms with van der Waals surface area (Å²) in [7, 11) is 0. The third-order valence-electron chi connectivity index (χ3n) is 1.58. The van der Waals surface area contributed by atoms with Gasteiger partial charge in [0.25, 0.3) is 0 Å². The lowest BCUT2D eigenvalue weighted by Crippen LogP contribution is -2.38. The van der Waals surface area contributed by atoms with Gasteiger partial charge in [0.2, 0.25) is 0 Å². The molecule has 1 aromatic rings. The van der Waals surface area contributed by atoms with Crippen molar-refractivity contribution in [1.29, 1.82) is 0 Å². The largest absolute Gasteiger partial charge is 0.495 e. The summed E-state index contributed by atoms with van der Waals surface area (Å²) in [6.07, 6.45) is -5.26. The predicted molar refractivity (Wildman–Crippen MR) is 42.2 cm³/mol. The summed E-state index contributed by atoms with van der Waals surface area (Å²) < 4.78 is 72.6. The fourth-order valence-electron chi connectivity index (χ4n) is 1.03. The molecule has 0 spiro atoms. The van der Waals surface area contributed by atoms with Crippen LogP contribution in [0.4, 0.5) is 26.1 Å². The number of halogens is 6. The van der Waals surface area contributed by atoms with Gasteiger partial charge in [0, 0.05) is 0 Å². The Hall–Kier alpha value is -0.655. The van der Waals surface area contributed by atoms with Crippen LogP contribution in [0, 0.1) is 0 Å². The maximum Gasteiger partial charge on any atom is 0.495 e. The van der Waals surface area contributed by atoms with E-state index < -0.39 is 23.8 Å². The van der Waals surface area contributed by atoms with Crippen LogP contribution in [-0.2, 0) is 0 Å². The quantitative estimate of drug-likeness (QED) is 0.538. The maximum absolute atomic E-state index is 12.1. The smallest absolute Gasteiger partial charge is 0.448 e. The van der Waals surface area contributed by atoms with Crippen molar-refractivity contribution in [2.45, 2.75) is 12.0 Å². The summed E-state index contributed by atoms with van der Waals surface area (Å²) in [6.45, 7) is -5.94. The van der Waals surface area contributed by atoms with E-state index in [4.69, 9.17) is 0 Å².